The fraction of sp³-hybridized carbons (Fsp3) is 0.625. The lowest BCUT2D eigenvalue weighted by atomic mass is 9.97. The monoisotopic (exact) mass is 249 g/mol. The van der Waals surface area contributed by atoms with Crippen molar-refractivity contribution in [2.75, 3.05) is 6.61 Å². The summed E-state index contributed by atoms with van der Waals surface area (Å²) in [7, 11) is 0. The van der Waals surface area contributed by atoms with Crippen LogP contribution in [0.4, 0.5) is 0 Å². The molecule has 102 valence electrons. The Morgan fingerprint density at radius 2 is 1.89 bits per heavy atom. The lowest BCUT2D eigenvalue weighted by molar-refractivity contribution is 0.265. The van der Waals surface area contributed by atoms with Crippen LogP contribution in [0.5, 0.6) is 5.75 Å². The molecule has 1 aromatic carbocycles. The SMILES string of the molecule is CCCC(N)c1cc(C)cc(C)c1OCC(C)C. The van der Waals surface area contributed by atoms with E-state index in [2.05, 4.69) is 46.8 Å². The van der Waals surface area contributed by atoms with Crippen molar-refractivity contribution in [3.63, 3.8) is 0 Å². The van der Waals surface area contributed by atoms with Gasteiger partial charge in [-0.05, 0) is 31.7 Å². The van der Waals surface area contributed by atoms with Gasteiger partial charge in [-0.1, -0.05) is 44.9 Å². The van der Waals surface area contributed by atoms with Crippen molar-refractivity contribution in [2.45, 2.75) is 53.5 Å². The van der Waals surface area contributed by atoms with Gasteiger partial charge in [-0.2, -0.15) is 0 Å². The van der Waals surface area contributed by atoms with Crippen molar-refractivity contribution >= 4 is 0 Å². The highest BCUT2D eigenvalue weighted by molar-refractivity contribution is 5.45. The molecule has 0 aliphatic rings. The molecule has 0 bridgehead atoms. The first-order chi connectivity index (χ1) is 8.45. The Morgan fingerprint density at radius 1 is 1.22 bits per heavy atom. The van der Waals surface area contributed by atoms with Gasteiger partial charge in [0, 0.05) is 11.6 Å². The minimum absolute atomic E-state index is 0.0794. The smallest absolute Gasteiger partial charge is 0.126 e. The van der Waals surface area contributed by atoms with E-state index in [4.69, 9.17) is 10.5 Å². The van der Waals surface area contributed by atoms with E-state index in [0.29, 0.717) is 5.92 Å². The molecule has 1 aromatic rings. The average Bonchev–Trinajstić information content (AvgIpc) is 2.26. The molecule has 0 heterocycles. The predicted octanol–water partition coefficient (Wildman–Crippen LogP) is 4.14. The van der Waals surface area contributed by atoms with Crippen LogP contribution in [0.25, 0.3) is 0 Å². The van der Waals surface area contributed by atoms with E-state index >= 15 is 0 Å². The van der Waals surface area contributed by atoms with Gasteiger partial charge in [-0.3, -0.25) is 0 Å². The quantitative estimate of drug-likeness (QED) is 0.822. The number of hydrogen-bond donors (Lipinski definition) is 1. The summed E-state index contributed by atoms with van der Waals surface area (Å²) < 4.78 is 5.97. The van der Waals surface area contributed by atoms with Crippen molar-refractivity contribution in [1.82, 2.24) is 0 Å². The maximum Gasteiger partial charge on any atom is 0.126 e. The van der Waals surface area contributed by atoms with Gasteiger partial charge in [0.1, 0.15) is 5.75 Å². The van der Waals surface area contributed by atoms with Gasteiger partial charge in [-0.15, -0.1) is 0 Å². The van der Waals surface area contributed by atoms with Crippen molar-refractivity contribution in [1.29, 1.82) is 0 Å². The standard InChI is InChI=1S/C16H27NO/c1-6-7-15(17)14-9-12(4)8-13(5)16(14)18-10-11(2)3/h8-9,11,15H,6-7,10,17H2,1-5H3. The second-order valence-electron chi connectivity index (χ2n) is 5.60. The molecule has 1 unspecified atom stereocenters. The first-order valence-corrected chi connectivity index (χ1v) is 6.95. The largest absolute Gasteiger partial charge is 0.493 e. The zero-order valence-corrected chi connectivity index (χ0v) is 12.4. The van der Waals surface area contributed by atoms with Gasteiger partial charge in [0.05, 0.1) is 6.61 Å². The molecule has 0 aliphatic carbocycles. The number of aryl methyl sites for hydroxylation is 2. The Balaban J connectivity index is 3.04. The molecule has 2 N–H and O–H groups in total. The summed E-state index contributed by atoms with van der Waals surface area (Å²) in [6.45, 7) is 11.4. The van der Waals surface area contributed by atoms with E-state index in [-0.39, 0.29) is 6.04 Å². The van der Waals surface area contributed by atoms with E-state index in [1.54, 1.807) is 0 Å². The summed E-state index contributed by atoms with van der Waals surface area (Å²) in [6.07, 6.45) is 2.10. The predicted molar refractivity (Wildman–Crippen MR) is 78.1 cm³/mol. The molecular weight excluding hydrogens is 222 g/mol. The first-order valence-electron chi connectivity index (χ1n) is 6.95. The average molecular weight is 249 g/mol. The second-order valence-corrected chi connectivity index (χ2v) is 5.60. The molecule has 0 aliphatic heterocycles. The number of benzene rings is 1. The molecule has 0 saturated carbocycles. The van der Waals surface area contributed by atoms with Gasteiger partial charge in [0.25, 0.3) is 0 Å². The third kappa shape index (κ3) is 4.02. The van der Waals surface area contributed by atoms with Crippen molar-refractivity contribution in [2.24, 2.45) is 11.7 Å². The summed E-state index contributed by atoms with van der Waals surface area (Å²) in [5, 5.41) is 0. The molecule has 2 heteroatoms. The summed E-state index contributed by atoms with van der Waals surface area (Å²) >= 11 is 0. The first kappa shape index (κ1) is 15.0. The maximum atomic E-state index is 6.27. The molecule has 0 amide bonds. The molecule has 0 fully saturated rings. The van der Waals surface area contributed by atoms with E-state index in [9.17, 15) is 0 Å². The van der Waals surface area contributed by atoms with Crippen LogP contribution in [0.1, 0.15) is 56.3 Å². The fourth-order valence-corrected chi connectivity index (χ4v) is 2.18. The van der Waals surface area contributed by atoms with Crippen LogP contribution < -0.4 is 10.5 Å². The highest BCUT2D eigenvalue weighted by Crippen LogP contribution is 2.31. The Hall–Kier alpha value is -1.02. The van der Waals surface area contributed by atoms with E-state index in [1.807, 2.05) is 0 Å². The molecule has 0 spiro atoms. The van der Waals surface area contributed by atoms with Crippen LogP contribution >= 0.6 is 0 Å². The van der Waals surface area contributed by atoms with Gasteiger partial charge in [0.15, 0.2) is 0 Å². The van der Waals surface area contributed by atoms with Crippen LogP contribution in [0.3, 0.4) is 0 Å². The number of nitrogens with two attached hydrogens (primary N) is 1. The van der Waals surface area contributed by atoms with Crippen LogP contribution in [0.15, 0.2) is 12.1 Å². The molecular formula is C16H27NO. The molecule has 1 atom stereocenters. The van der Waals surface area contributed by atoms with Crippen LogP contribution in [0.2, 0.25) is 0 Å². The van der Waals surface area contributed by atoms with E-state index in [1.165, 1.54) is 11.1 Å². The third-order valence-electron chi connectivity index (χ3n) is 3.01. The molecule has 2 nitrogen and oxygen atoms in total. The number of ether oxygens (including phenoxy) is 1. The minimum Gasteiger partial charge on any atom is -0.493 e. The lowest BCUT2D eigenvalue weighted by Crippen LogP contribution is -2.14. The Bertz CT molecular complexity index is 385. The van der Waals surface area contributed by atoms with Gasteiger partial charge in [0.2, 0.25) is 0 Å². The van der Waals surface area contributed by atoms with Crippen molar-refractivity contribution in [3.8, 4) is 5.75 Å². The number of hydrogen-bond acceptors (Lipinski definition) is 2. The summed E-state index contributed by atoms with van der Waals surface area (Å²) in [6, 6.07) is 4.41. The van der Waals surface area contributed by atoms with E-state index in [0.717, 1.165) is 30.8 Å². The molecule has 18 heavy (non-hydrogen) atoms. The number of rotatable bonds is 6. The Morgan fingerprint density at radius 3 is 2.44 bits per heavy atom. The van der Waals surface area contributed by atoms with Gasteiger partial charge < -0.3 is 10.5 Å². The minimum atomic E-state index is 0.0794. The van der Waals surface area contributed by atoms with Crippen LogP contribution in [-0.2, 0) is 0 Å². The normalized spacial score (nSPS) is 12.8. The van der Waals surface area contributed by atoms with Gasteiger partial charge in [-0.25, -0.2) is 0 Å². The second kappa shape index (κ2) is 6.79. The molecule has 0 aromatic heterocycles. The zero-order chi connectivity index (χ0) is 13.7. The lowest BCUT2D eigenvalue weighted by Gasteiger charge is -2.20. The van der Waals surface area contributed by atoms with Crippen molar-refractivity contribution in [3.05, 3.63) is 28.8 Å². The fourth-order valence-electron chi connectivity index (χ4n) is 2.18. The van der Waals surface area contributed by atoms with Gasteiger partial charge >= 0.3 is 0 Å². The van der Waals surface area contributed by atoms with Crippen LogP contribution in [-0.4, -0.2) is 6.61 Å². The van der Waals surface area contributed by atoms with Crippen LogP contribution in [0, 0.1) is 19.8 Å². The summed E-state index contributed by atoms with van der Waals surface area (Å²) in [5.74, 6) is 1.52. The molecule has 0 saturated heterocycles. The zero-order valence-electron chi connectivity index (χ0n) is 12.4. The topological polar surface area (TPSA) is 35.2 Å². The summed E-state index contributed by atoms with van der Waals surface area (Å²) in [5.41, 5.74) is 9.88. The summed E-state index contributed by atoms with van der Waals surface area (Å²) in [4.78, 5) is 0. The molecule has 0 radical (unpaired) electrons. The molecule has 1 rings (SSSR count). The third-order valence-corrected chi connectivity index (χ3v) is 3.01. The Labute approximate surface area is 112 Å². The van der Waals surface area contributed by atoms with E-state index < -0.39 is 0 Å². The highest BCUT2D eigenvalue weighted by atomic mass is 16.5. The highest BCUT2D eigenvalue weighted by Gasteiger charge is 2.15. The Kier molecular flexibility index (Phi) is 5.67. The maximum absolute atomic E-state index is 6.27. The van der Waals surface area contributed by atoms with Crippen molar-refractivity contribution < 1.29 is 4.74 Å².